The first-order chi connectivity index (χ1) is 12.6. The van der Waals surface area contributed by atoms with Crippen molar-refractivity contribution in [2.24, 2.45) is 0 Å². The summed E-state index contributed by atoms with van der Waals surface area (Å²) in [5.74, 6) is -0.301. The van der Waals surface area contributed by atoms with E-state index in [-0.39, 0.29) is 5.75 Å². The molecule has 6 atom stereocenters. The van der Waals surface area contributed by atoms with Crippen molar-refractivity contribution in [3.63, 3.8) is 0 Å². The molecule has 8 heteroatoms. The molecular weight excluding hydrogens is 356 g/mol. The molecule has 2 unspecified atom stereocenters. The number of phenols is 1. The van der Waals surface area contributed by atoms with Crippen molar-refractivity contribution in [1.82, 2.24) is 0 Å². The zero-order valence-corrected chi connectivity index (χ0v) is 16.0. The lowest BCUT2D eigenvalue weighted by Gasteiger charge is -2.45. The van der Waals surface area contributed by atoms with Gasteiger partial charge < -0.3 is 39.7 Å². The van der Waals surface area contributed by atoms with E-state index in [0.29, 0.717) is 18.6 Å². The molecule has 27 heavy (non-hydrogen) atoms. The highest BCUT2D eigenvalue weighted by molar-refractivity contribution is 5.58. The molecule has 2 heterocycles. The average Bonchev–Trinajstić information content (AvgIpc) is 2.64. The molecule has 0 aliphatic carbocycles. The maximum absolute atomic E-state index is 10.3. The Morgan fingerprint density at radius 3 is 2.37 bits per heavy atom. The van der Waals surface area contributed by atoms with Crippen molar-refractivity contribution >= 4 is 0 Å². The van der Waals surface area contributed by atoms with E-state index in [2.05, 4.69) is 0 Å². The van der Waals surface area contributed by atoms with E-state index in [9.17, 15) is 25.5 Å². The third-order valence-corrected chi connectivity index (χ3v) is 5.72. The Morgan fingerprint density at radius 1 is 1.07 bits per heavy atom. The molecule has 0 amide bonds. The van der Waals surface area contributed by atoms with Crippen LogP contribution in [0.25, 0.3) is 0 Å². The number of aromatic hydroxyl groups is 1. The average molecular weight is 384 g/mol. The quantitative estimate of drug-likeness (QED) is 0.499. The van der Waals surface area contributed by atoms with E-state index in [1.807, 2.05) is 20.8 Å². The zero-order chi connectivity index (χ0) is 20.1. The largest absolute Gasteiger partial charge is 0.507 e. The van der Waals surface area contributed by atoms with Crippen LogP contribution in [0.15, 0.2) is 0 Å². The predicted octanol–water partition coefficient (Wildman–Crippen LogP) is 0.175. The minimum atomic E-state index is -1.52. The summed E-state index contributed by atoms with van der Waals surface area (Å²) in [4.78, 5) is 0. The van der Waals surface area contributed by atoms with Crippen LogP contribution < -0.4 is 4.74 Å². The van der Waals surface area contributed by atoms with Gasteiger partial charge >= 0.3 is 0 Å². The van der Waals surface area contributed by atoms with Gasteiger partial charge in [0.05, 0.1) is 6.61 Å². The molecule has 0 aromatic heterocycles. The molecule has 152 valence electrons. The highest BCUT2D eigenvalue weighted by atomic mass is 16.7. The van der Waals surface area contributed by atoms with Crippen molar-refractivity contribution in [1.29, 1.82) is 0 Å². The van der Waals surface area contributed by atoms with Crippen molar-refractivity contribution < 1.29 is 39.7 Å². The Labute approximate surface area is 157 Å². The predicted molar refractivity (Wildman–Crippen MR) is 94.5 cm³/mol. The number of ether oxygens (including phenoxy) is 3. The fourth-order valence-corrected chi connectivity index (χ4v) is 3.80. The molecule has 1 aromatic rings. The SMILES string of the molecule is Cc1c(C)c2c(c(C)c1O)CCC(C)(O[C@H]1C(O)O[C@H](CO)[C@@H](O)[C@@H]1O)O2. The summed E-state index contributed by atoms with van der Waals surface area (Å²) in [7, 11) is 0. The Morgan fingerprint density at radius 2 is 1.74 bits per heavy atom. The molecule has 1 fully saturated rings. The standard InChI is InChI=1S/C19H28O8/c1-8-9(2)16-11(10(3)13(8)21)5-6-19(4,26-16)27-17-15(23)14(22)12(7-20)25-18(17)24/h12,14-15,17-18,20-24H,5-7H2,1-4H3/t12-,14-,15+,17-,18?,19?/m1/s1. The highest BCUT2D eigenvalue weighted by Gasteiger charge is 2.48. The van der Waals surface area contributed by atoms with Crippen molar-refractivity contribution in [3.05, 3.63) is 22.3 Å². The van der Waals surface area contributed by atoms with Crippen LogP contribution in [-0.4, -0.2) is 68.6 Å². The molecule has 0 spiro atoms. The van der Waals surface area contributed by atoms with Crippen LogP contribution in [-0.2, 0) is 15.9 Å². The number of hydrogen-bond donors (Lipinski definition) is 5. The van der Waals surface area contributed by atoms with Crippen LogP contribution >= 0.6 is 0 Å². The van der Waals surface area contributed by atoms with Gasteiger partial charge in [0.15, 0.2) is 6.29 Å². The summed E-state index contributed by atoms with van der Waals surface area (Å²) in [6.45, 7) is 6.65. The number of fused-ring (bicyclic) bond motifs is 1. The van der Waals surface area contributed by atoms with Crippen LogP contribution in [0.2, 0.25) is 0 Å². The van der Waals surface area contributed by atoms with E-state index >= 15 is 0 Å². The van der Waals surface area contributed by atoms with Gasteiger partial charge in [-0.1, -0.05) is 0 Å². The first-order valence-electron chi connectivity index (χ1n) is 9.08. The molecular formula is C19H28O8. The molecule has 0 bridgehead atoms. The maximum atomic E-state index is 10.3. The van der Waals surface area contributed by atoms with E-state index in [1.54, 1.807) is 6.92 Å². The second-order valence-electron chi connectivity index (χ2n) is 7.58. The summed E-state index contributed by atoms with van der Waals surface area (Å²) >= 11 is 0. The summed E-state index contributed by atoms with van der Waals surface area (Å²) in [6, 6.07) is 0. The summed E-state index contributed by atoms with van der Waals surface area (Å²) < 4.78 is 17.1. The number of benzene rings is 1. The molecule has 0 radical (unpaired) electrons. The molecule has 8 nitrogen and oxygen atoms in total. The summed E-state index contributed by atoms with van der Waals surface area (Å²) in [5, 5.41) is 50.0. The smallest absolute Gasteiger partial charge is 0.208 e. The van der Waals surface area contributed by atoms with Crippen molar-refractivity contribution in [3.8, 4) is 11.5 Å². The molecule has 2 aliphatic rings. The van der Waals surface area contributed by atoms with E-state index in [0.717, 1.165) is 22.3 Å². The number of phenolic OH excluding ortho intramolecular Hbond substituents is 1. The number of aliphatic hydroxyl groups excluding tert-OH is 4. The van der Waals surface area contributed by atoms with Gasteiger partial charge in [0.1, 0.15) is 35.9 Å². The van der Waals surface area contributed by atoms with Crippen LogP contribution in [0.4, 0.5) is 0 Å². The fourth-order valence-electron chi connectivity index (χ4n) is 3.80. The molecule has 1 aromatic carbocycles. The molecule has 2 aliphatic heterocycles. The van der Waals surface area contributed by atoms with Crippen molar-refractivity contribution in [2.45, 2.75) is 77.0 Å². The van der Waals surface area contributed by atoms with Gasteiger partial charge in [-0.2, -0.15) is 0 Å². The lowest BCUT2D eigenvalue weighted by atomic mass is 9.90. The van der Waals surface area contributed by atoms with Gasteiger partial charge in [0.25, 0.3) is 0 Å². The number of rotatable bonds is 3. The highest BCUT2D eigenvalue weighted by Crippen LogP contribution is 2.44. The lowest BCUT2D eigenvalue weighted by molar-refractivity contribution is -0.337. The van der Waals surface area contributed by atoms with Crippen LogP contribution in [0, 0.1) is 20.8 Å². The molecule has 1 saturated heterocycles. The number of hydrogen-bond acceptors (Lipinski definition) is 8. The third-order valence-electron chi connectivity index (χ3n) is 5.72. The molecule has 5 N–H and O–H groups in total. The normalized spacial score (nSPS) is 36.2. The third kappa shape index (κ3) is 3.41. The second-order valence-corrected chi connectivity index (χ2v) is 7.58. The first-order valence-corrected chi connectivity index (χ1v) is 9.08. The van der Waals surface area contributed by atoms with Gasteiger partial charge in [-0.3, -0.25) is 0 Å². The van der Waals surface area contributed by atoms with E-state index < -0.39 is 43.1 Å². The monoisotopic (exact) mass is 384 g/mol. The van der Waals surface area contributed by atoms with E-state index in [1.165, 1.54) is 0 Å². The maximum Gasteiger partial charge on any atom is 0.208 e. The zero-order valence-electron chi connectivity index (χ0n) is 16.0. The minimum Gasteiger partial charge on any atom is -0.507 e. The number of aliphatic hydroxyl groups is 4. The van der Waals surface area contributed by atoms with E-state index in [4.69, 9.17) is 14.2 Å². The summed E-state index contributed by atoms with van der Waals surface area (Å²) in [5.41, 5.74) is 3.18. The van der Waals surface area contributed by atoms with Crippen LogP contribution in [0.1, 0.15) is 35.6 Å². The van der Waals surface area contributed by atoms with Gasteiger partial charge in [-0.25, -0.2) is 0 Å². The van der Waals surface area contributed by atoms with Gasteiger partial charge in [0, 0.05) is 18.9 Å². The molecule has 0 saturated carbocycles. The topological polar surface area (TPSA) is 129 Å². The Hall–Kier alpha value is -1.42. The van der Waals surface area contributed by atoms with Gasteiger partial charge in [0.2, 0.25) is 5.79 Å². The Bertz CT molecular complexity index is 720. The fraction of sp³-hybridized carbons (Fsp3) is 0.684. The minimum absolute atomic E-state index is 0.254. The molecule has 3 rings (SSSR count). The lowest BCUT2D eigenvalue weighted by Crippen LogP contribution is -2.61. The Kier molecular flexibility index (Phi) is 5.42. The Balaban J connectivity index is 1.85. The van der Waals surface area contributed by atoms with Gasteiger partial charge in [-0.05, 0) is 43.9 Å². The summed E-state index contributed by atoms with van der Waals surface area (Å²) in [6.07, 6.45) is -5.71. The first kappa shape index (κ1) is 20.3. The van der Waals surface area contributed by atoms with Gasteiger partial charge in [-0.15, -0.1) is 0 Å². The second kappa shape index (κ2) is 7.20. The van der Waals surface area contributed by atoms with Crippen LogP contribution in [0.3, 0.4) is 0 Å². The van der Waals surface area contributed by atoms with Crippen molar-refractivity contribution in [2.75, 3.05) is 6.61 Å². The van der Waals surface area contributed by atoms with Crippen LogP contribution in [0.5, 0.6) is 11.5 Å².